The van der Waals surface area contributed by atoms with E-state index in [-0.39, 0.29) is 12.1 Å². The number of nitrogens with one attached hydrogen (secondary N) is 1. The maximum absolute atomic E-state index is 12.3. The summed E-state index contributed by atoms with van der Waals surface area (Å²) in [5.74, 6) is 1.53. The highest BCUT2D eigenvalue weighted by atomic mass is 16.5. The van der Waals surface area contributed by atoms with Crippen LogP contribution in [0.2, 0.25) is 0 Å². The fraction of sp³-hybridized carbons (Fsp3) is 0.412. The molecule has 0 bridgehead atoms. The number of amides is 2. The Morgan fingerprint density at radius 3 is 2.87 bits per heavy atom. The van der Waals surface area contributed by atoms with Gasteiger partial charge in [0, 0.05) is 13.1 Å². The first-order valence-corrected chi connectivity index (χ1v) is 7.66. The Morgan fingerprint density at radius 1 is 1.43 bits per heavy atom. The molecule has 0 saturated heterocycles. The minimum atomic E-state index is -0.167. The van der Waals surface area contributed by atoms with E-state index in [4.69, 9.17) is 9.26 Å². The first-order valence-electron chi connectivity index (χ1n) is 7.66. The van der Waals surface area contributed by atoms with Crippen molar-refractivity contribution in [1.82, 2.24) is 15.4 Å². The lowest BCUT2D eigenvalue weighted by Crippen LogP contribution is -2.38. The van der Waals surface area contributed by atoms with Gasteiger partial charge in [-0.15, -0.1) is 0 Å². The zero-order valence-corrected chi connectivity index (χ0v) is 14.0. The quantitative estimate of drug-likeness (QED) is 0.888. The third kappa shape index (κ3) is 4.74. The standard InChI is InChI=1S/C17H23N3O3/c1-5-22-16-8-6-7-14(10-16)13(3)18-17(21)20(4)11-15-9-12(2)23-19-15/h6-10,13H,5,11H2,1-4H3,(H,18,21). The van der Waals surface area contributed by atoms with Crippen molar-refractivity contribution in [1.29, 1.82) is 0 Å². The van der Waals surface area contributed by atoms with Crippen molar-refractivity contribution < 1.29 is 14.1 Å². The molecular weight excluding hydrogens is 294 g/mol. The number of aromatic nitrogens is 1. The second-order valence-corrected chi connectivity index (χ2v) is 5.46. The Balaban J connectivity index is 1.94. The molecule has 2 amide bonds. The molecule has 1 aromatic carbocycles. The average molecular weight is 317 g/mol. The summed E-state index contributed by atoms with van der Waals surface area (Å²) in [7, 11) is 1.72. The lowest BCUT2D eigenvalue weighted by Gasteiger charge is -2.21. The molecule has 0 radical (unpaired) electrons. The number of aryl methyl sites for hydroxylation is 1. The highest BCUT2D eigenvalue weighted by Crippen LogP contribution is 2.19. The Kier molecular flexibility index (Phi) is 5.62. The van der Waals surface area contributed by atoms with E-state index in [0.717, 1.165) is 22.8 Å². The zero-order chi connectivity index (χ0) is 16.8. The molecular formula is C17H23N3O3. The van der Waals surface area contributed by atoms with Crippen LogP contribution >= 0.6 is 0 Å². The van der Waals surface area contributed by atoms with Crippen LogP contribution < -0.4 is 10.1 Å². The average Bonchev–Trinajstić information content (AvgIpc) is 2.92. The van der Waals surface area contributed by atoms with Gasteiger partial charge in [-0.25, -0.2) is 4.79 Å². The van der Waals surface area contributed by atoms with Gasteiger partial charge in [-0.3, -0.25) is 0 Å². The van der Waals surface area contributed by atoms with Crippen molar-refractivity contribution >= 4 is 6.03 Å². The van der Waals surface area contributed by atoms with Gasteiger partial charge in [0.15, 0.2) is 0 Å². The second kappa shape index (κ2) is 7.67. The van der Waals surface area contributed by atoms with Crippen molar-refractivity contribution in [3.63, 3.8) is 0 Å². The molecule has 0 aliphatic rings. The van der Waals surface area contributed by atoms with Crippen LogP contribution in [0.3, 0.4) is 0 Å². The lowest BCUT2D eigenvalue weighted by atomic mass is 10.1. The van der Waals surface area contributed by atoms with Crippen molar-refractivity contribution in [2.45, 2.75) is 33.4 Å². The molecule has 1 aromatic heterocycles. The van der Waals surface area contributed by atoms with Gasteiger partial charge in [-0.05, 0) is 38.5 Å². The van der Waals surface area contributed by atoms with Crippen LogP contribution in [0, 0.1) is 6.92 Å². The van der Waals surface area contributed by atoms with E-state index >= 15 is 0 Å². The van der Waals surface area contributed by atoms with Crippen LogP contribution in [-0.2, 0) is 6.54 Å². The minimum Gasteiger partial charge on any atom is -0.494 e. The largest absolute Gasteiger partial charge is 0.494 e. The summed E-state index contributed by atoms with van der Waals surface area (Å²) < 4.78 is 10.5. The van der Waals surface area contributed by atoms with Crippen LogP contribution in [0.5, 0.6) is 5.75 Å². The Morgan fingerprint density at radius 2 is 2.22 bits per heavy atom. The molecule has 2 rings (SSSR count). The first kappa shape index (κ1) is 16.9. The van der Waals surface area contributed by atoms with E-state index in [1.807, 2.05) is 51.1 Å². The molecule has 1 atom stereocenters. The molecule has 1 N–H and O–H groups in total. The molecule has 0 aliphatic carbocycles. The van der Waals surface area contributed by atoms with Crippen molar-refractivity contribution in [3.8, 4) is 5.75 Å². The number of rotatable bonds is 6. The zero-order valence-electron chi connectivity index (χ0n) is 14.0. The van der Waals surface area contributed by atoms with E-state index in [1.165, 1.54) is 0 Å². The van der Waals surface area contributed by atoms with Gasteiger partial charge in [0.05, 0.1) is 19.2 Å². The van der Waals surface area contributed by atoms with Crippen molar-refractivity contribution in [2.75, 3.05) is 13.7 Å². The van der Waals surface area contributed by atoms with Gasteiger partial charge in [0.25, 0.3) is 0 Å². The van der Waals surface area contributed by atoms with Crippen LogP contribution in [0.1, 0.15) is 36.9 Å². The Hall–Kier alpha value is -2.50. The monoisotopic (exact) mass is 317 g/mol. The summed E-state index contributed by atoms with van der Waals surface area (Å²) in [6.07, 6.45) is 0. The maximum atomic E-state index is 12.3. The molecule has 23 heavy (non-hydrogen) atoms. The van der Waals surface area contributed by atoms with Crippen LogP contribution in [0.15, 0.2) is 34.9 Å². The predicted octanol–water partition coefficient (Wildman–Crippen LogP) is 3.28. The van der Waals surface area contributed by atoms with Gasteiger partial charge in [0.1, 0.15) is 17.2 Å². The van der Waals surface area contributed by atoms with Crippen LogP contribution in [-0.4, -0.2) is 29.7 Å². The third-order valence-corrected chi connectivity index (χ3v) is 3.43. The molecule has 1 unspecified atom stereocenters. The predicted molar refractivity (Wildman–Crippen MR) is 87.3 cm³/mol. The summed E-state index contributed by atoms with van der Waals surface area (Å²) in [5.41, 5.74) is 1.72. The van der Waals surface area contributed by atoms with Gasteiger partial charge in [0.2, 0.25) is 0 Å². The number of ether oxygens (including phenoxy) is 1. The van der Waals surface area contributed by atoms with E-state index < -0.39 is 0 Å². The normalized spacial score (nSPS) is 11.8. The van der Waals surface area contributed by atoms with Gasteiger partial charge in [-0.1, -0.05) is 17.3 Å². The topological polar surface area (TPSA) is 67.6 Å². The molecule has 0 aliphatic heterocycles. The Labute approximate surface area is 136 Å². The molecule has 0 fully saturated rings. The number of benzene rings is 1. The molecule has 2 aromatic rings. The van der Waals surface area contributed by atoms with Gasteiger partial charge in [-0.2, -0.15) is 0 Å². The second-order valence-electron chi connectivity index (χ2n) is 5.46. The summed E-state index contributed by atoms with van der Waals surface area (Å²) in [5, 5.41) is 6.86. The fourth-order valence-electron chi connectivity index (χ4n) is 2.23. The number of nitrogens with zero attached hydrogens (tertiary/aromatic N) is 2. The molecule has 6 heteroatoms. The van der Waals surface area contributed by atoms with Gasteiger partial charge >= 0.3 is 6.03 Å². The highest BCUT2D eigenvalue weighted by Gasteiger charge is 2.15. The van der Waals surface area contributed by atoms with E-state index in [1.54, 1.807) is 11.9 Å². The molecule has 124 valence electrons. The van der Waals surface area contributed by atoms with Crippen molar-refractivity contribution in [3.05, 3.63) is 47.3 Å². The lowest BCUT2D eigenvalue weighted by molar-refractivity contribution is 0.202. The number of carbonyl (C=O) groups is 1. The smallest absolute Gasteiger partial charge is 0.317 e. The Bertz CT molecular complexity index is 654. The van der Waals surface area contributed by atoms with Gasteiger partial charge < -0.3 is 19.5 Å². The van der Waals surface area contributed by atoms with E-state index in [0.29, 0.717) is 13.2 Å². The van der Waals surface area contributed by atoms with E-state index in [2.05, 4.69) is 10.5 Å². The molecule has 1 heterocycles. The fourth-order valence-corrected chi connectivity index (χ4v) is 2.23. The van der Waals surface area contributed by atoms with E-state index in [9.17, 15) is 4.79 Å². The minimum absolute atomic E-state index is 0.121. The summed E-state index contributed by atoms with van der Waals surface area (Å²) in [6, 6.07) is 9.26. The van der Waals surface area contributed by atoms with Crippen molar-refractivity contribution in [2.24, 2.45) is 0 Å². The number of carbonyl (C=O) groups excluding carboxylic acids is 1. The maximum Gasteiger partial charge on any atom is 0.317 e. The van der Waals surface area contributed by atoms with Crippen LogP contribution in [0.4, 0.5) is 4.79 Å². The summed E-state index contributed by atoms with van der Waals surface area (Å²) >= 11 is 0. The number of hydrogen-bond acceptors (Lipinski definition) is 4. The summed E-state index contributed by atoms with van der Waals surface area (Å²) in [6.45, 7) is 6.72. The van der Waals surface area contributed by atoms with Crippen LogP contribution in [0.25, 0.3) is 0 Å². The molecule has 0 saturated carbocycles. The molecule has 6 nitrogen and oxygen atoms in total. The number of hydrogen-bond donors (Lipinski definition) is 1. The third-order valence-electron chi connectivity index (χ3n) is 3.43. The molecule has 0 spiro atoms. The number of urea groups is 1. The highest BCUT2D eigenvalue weighted by molar-refractivity contribution is 5.74. The SMILES string of the molecule is CCOc1cccc(C(C)NC(=O)N(C)Cc2cc(C)on2)c1. The first-order chi connectivity index (χ1) is 11.0. The summed E-state index contributed by atoms with van der Waals surface area (Å²) in [4.78, 5) is 13.8.